The fourth-order valence-electron chi connectivity index (χ4n) is 1.65. The van der Waals surface area contributed by atoms with Crippen LogP contribution in [-0.4, -0.2) is 43.0 Å². The fraction of sp³-hybridized carbons (Fsp3) is 0.600. The van der Waals surface area contributed by atoms with Crippen molar-refractivity contribution >= 4 is 11.3 Å². The SMILES string of the molecule is CN1CCN(Cc2ccsc2)CC1. The van der Waals surface area contributed by atoms with Crippen molar-refractivity contribution in [3.05, 3.63) is 22.4 Å². The van der Waals surface area contributed by atoms with E-state index in [9.17, 15) is 0 Å². The Morgan fingerprint density at radius 3 is 2.69 bits per heavy atom. The van der Waals surface area contributed by atoms with E-state index in [4.69, 9.17) is 0 Å². The maximum Gasteiger partial charge on any atom is 0.0243 e. The molecule has 1 aliphatic rings. The number of piperazine rings is 1. The second-order valence-corrected chi connectivity index (χ2v) is 4.49. The van der Waals surface area contributed by atoms with Gasteiger partial charge in [0, 0.05) is 32.7 Å². The highest BCUT2D eigenvalue weighted by molar-refractivity contribution is 7.07. The predicted octanol–water partition coefficient (Wildman–Crippen LogP) is 1.50. The molecule has 2 rings (SSSR count). The van der Waals surface area contributed by atoms with Crippen molar-refractivity contribution in [2.75, 3.05) is 33.2 Å². The predicted molar refractivity (Wildman–Crippen MR) is 57.1 cm³/mol. The van der Waals surface area contributed by atoms with E-state index < -0.39 is 0 Å². The minimum atomic E-state index is 1.14. The normalized spacial score (nSPS) is 20.7. The third-order valence-electron chi connectivity index (χ3n) is 2.58. The van der Waals surface area contributed by atoms with Crippen LogP contribution in [-0.2, 0) is 6.54 Å². The summed E-state index contributed by atoms with van der Waals surface area (Å²) < 4.78 is 0. The van der Waals surface area contributed by atoms with Crippen molar-refractivity contribution < 1.29 is 0 Å². The summed E-state index contributed by atoms with van der Waals surface area (Å²) >= 11 is 1.79. The third-order valence-corrected chi connectivity index (χ3v) is 3.31. The minimum Gasteiger partial charge on any atom is -0.304 e. The average Bonchev–Trinajstić information content (AvgIpc) is 2.62. The van der Waals surface area contributed by atoms with Gasteiger partial charge in [-0.3, -0.25) is 4.90 Å². The van der Waals surface area contributed by atoms with Crippen molar-refractivity contribution in [1.82, 2.24) is 9.80 Å². The Balaban J connectivity index is 1.83. The highest BCUT2D eigenvalue weighted by Crippen LogP contribution is 2.10. The molecule has 0 N–H and O–H groups in total. The summed E-state index contributed by atoms with van der Waals surface area (Å²) in [6, 6.07) is 2.23. The van der Waals surface area contributed by atoms with Crippen LogP contribution in [0.1, 0.15) is 5.56 Å². The zero-order chi connectivity index (χ0) is 9.10. The van der Waals surface area contributed by atoms with Gasteiger partial charge in [-0.2, -0.15) is 11.3 Å². The van der Waals surface area contributed by atoms with Gasteiger partial charge in [-0.15, -0.1) is 0 Å². The van der Waals surface area contributed by atoms with Gasteiger partial charge in [0.25, 0.3) is 0 Å². The lowest BCUT2D eigenvalue weighted by Crippen LogP contribution is -2.43. The molecule has 2 nitrogen and oxygen atoms in total. The first-order valence-electron chi connectivity index (χ1n) is 4.76. The summed E-state index contributed by atoms with van der Waals surface area (Å²) in [4.78, 5) is 4.92. The van der Waals surface area contributed by atoms with Crippen LogP contribution in [0.3, 0.4) is 0 Å². The quantitative estimate of drug-likeness (QED) is 0.707. The Bertz CT molecular complexity index is 237. The van der Waals surface area contributed by atoms with Crippen molar-refractivity contribution in [1.29, 1.82) is 0 Å². The molecular weight excluding hydrogens is 180 g/mol. The van der Waals surface area contributed by atoms with Gasteiger partial charge in [0.1, 0.15) is 0 Å². The van der Waals surface area contributed by atoms with Crippen LogP contribution < -0.4 is 0 Å². The number of rotatable bonds is 2. The highest BCUT2D eigenvalue weighted by atomic mass is 32.1. The third kappa shape index (κ3) is 2.53. The summed E-state index contributed by atoms with van der Waals surface area (Å²) in [6.07, 6.45) is 0. The molecule has 0 saturated carbocycles. The van der Waals surface area contributed by atoms with Crippen LogP contribution >= 0.6 is 11.3 Å². The molecule has 13 heavy (non-hydrogen) atoms. The summed E-state index contributed by atoms with van der Waals surface area (Å²) in [5.74, 6) is 0. The molecular formula is C10H16N2S. The standard InChI is InChI=1S/C10H16N2S/c1-11-3-5-12(6-4-11)8-10-2-7-13-9-10/h2,7,9H,3-6,8H2,1H3. The number of hydrogen-bond donors (Lipinski definition) is 0. The summed E-state index contributed by atoms with van der Waals surface area (Å²) in [5, 5.41) is 4.41. The molecule has 0 amide bonds. The highest BCUT2D eigenvalue weighted by Gasteiger charge is 2.13. The molecule has 1 saturated heterocycles. The zero-order valence-corrected chi connectivity index (χ0v) is 8.89. The molecule has 0 radical (unpaired) electrons. The van der Waals surface area contributed by atoms with Gasteiger partial charge in [-0.05, 0) is 29.4 Å². The molecule has 0 spiro atoms. The van der Waals surface area contributed by atoms with E-state index in [1.807, 2.05) is 0 Å². The molecule has 72 valence electrons. The molecule has 0 aromatic carbocycles. The summed E-state index contributed by atoms with van der Waals surface area (Å²) in [5.41, 5.74) is 1.47. The molecule has 2 heterocycles. The van der Waals surface area contributed by atoms with Gasteiger partial charge >= 0.3 is 0 Å². The number of nitrogens with zero attached hydrogens (tertiary/aromatic N) is 2. The molecule has 0 aliphatic carbocycles. The first-order valence-corrected chi connectivity index (χ1v) is 5.71. The van der Waals surface area contributed by atoms with Crippen LogP contribution in [0.5, 0.6) is 0 Å². The Labute approximate surface area is 83.8 Å². The Morgan fingerprint density at radius 1 is 1.31 bits per heavy atom. The van der Waals surface area contributed by atoms with Gasteiger partial charge < -0.3 is 4.90 Å². The van der Waals surface area contributed by atoms with Gasteiger partial charge in [-0.25, -0.2) is 0 Å². The van der Waals surface area contributed by atoms with E-state index >= 15 is 0 Å². The zero-order valence-electron chi connectivity index (χ0n) is 8.07. The van der Waals surface area contributed by atoms with Crippen LogP contribution in [0.15, 0.2) is 16.8 Å². The Hall–Kier alpha value is -0.380. The lowest BCUT2D eigenvalue weighted by molar-refractivity contribution is 0.148. The van der Waals surface area contributed by atoms with Crippen LogP contribution in [0.25, 0.3) is 0 Å². The monoisotopic (exact) mass is 196 g/mol. The molecule has 1 aliphatic heterocycles. The van der Waals surface area contributed by atoms with E-state index in [0.29, 0.717) is 0 Å². The van der Waals surface area contributed by atoms with Gasteiger partial charge in [0.05, 0.1) is 0 Å². The van der Waals surface area contributed by atoms with E-state index in [-0.39, 0.29) is 0 Å². The van der Waals surface area contributed by atoms with Gasteiger partial charge in [-0.1, -0.05) is 0 Å². The smallest absolute Gasteiger partial charge is 0.0243 e. The van der Waals surface area contributed by atoms with Crippen molar-refractivity contribution in [3.8, 4) is 0 Å². The molecule has 1 aromatic heterocycles. The number of likely N-dealkylation sites (N-methyl/N-ethyl adjacent to an activating group) is 1. The molecule has 0 bridgehead atoms. The second-order valence-electron chi connectivity index (χ2n) is 3.71. The van der Waals surface area contributed by atoms with Crippen LogP contribution in [0, 0.1) is 0 Å². The summed E-state index contributed by atoms with van der Waals surface area (Å²) in [6.45, 7) is 5.99. The average molecular weight is 196 g/mol. The topological polar surface area (TPSA) is 6.48 Å². The molecule has 1 aromatic rings. The fourth-order valence-corrected chi connectivity index (χ4v) is 2.31. The van der Waals surface area contributed by atoms with Crippen LogP contribution in [0.4, 0.5) is 0 Å². The lowest BCUT2D eigenvalue weighted by Gasteiger charge is -2.32. The van der Waals surface area contributed by atoms with E-state index in [1.54, 1.807) is 11.3 Å². The minimum absolute atomic E-state index is 1.14. The molecule has 0 atom stereocenters. The first kappa shape index (κ1) is 9.19. The Kier molecular flexibility index (Phi) is 2.98. The maximum atomic E-state index is 2.53. The maximum absolute atomic E-state index is 2.53. The first-order chi connectivity index (χ1) is 6.34. The van der Waals surface area contributed by atoms with Crippen molar-refractivity contribution in [2.45, 2.75) is 6.54 Å². The molecule has 1 fully saturated rings. The second kappa shape index (κ2) is 4.22. The van der Waals surface area contributed by atoms with E-state index in [2.05, 4.69) is 33.7 Å². The van der Waals surface area contributed by atoms with Gasteiger partial charge in [0.2, 0.25) is 0 Å². The van der Waals surface area contributed by atoms with Crippen molar-refractivity contribution in [2.24, 2.45) is 0 Å². The number of hydrogen-bond acceptors (Lipinski definition) is 3. The summed E-state index contributed by atoms with van der Waals surface area (Å²) in [7, 11) is 2.20. The molecule has 3 heteroatoms. The lowest BCUT2D eigenvalue weighted by atomic mass is 10.2. The van der Waals surface area contributed by atoms with Crippen LogP contribution in [0.2, 0.25) is 0 Å². The Morgan fingerprint density at radius 2 is 2.08 bits per heavy atom. The molecule has 0 unspecified atom stereocenters. The van der Waals surface area contributed by atoms with E-state index in [0.717, 1.165) is 6.54 Å². The van der Waals surface area contributed by atoms with Crippen molar-refractivity contribution in [3.63, 3.8) is 0 Å². The largest absolute Gasteiger partial charge is 0.304 e. The van der Waals surface area contributed by atoms with Gasteiger partial charge in [0.15, 0.2) is 0 Å². The van der Waals surface area contributed by atoms with E-state index in [1.165, 1.54) is 31.7 Å². The number of thiophene rings is 1.